The van der Waals surface area contributed by atoms with Gasteiger partial charge < -0.3 is 14.8 Å². The molecule has 0 heterocycles. The Morgan fingerprint density at radius 1 is 1.16 bits per heavy atom. The third-order valence-electron chi connectivity index (χ3n) is 3.46. The molecule has 0 aromatic heterocycles. The summed E-state index contributed by atoms with van der Waals surface area (Å²) in [6.07, 6.45) is 2.02. The fourth-order valence-electron chi connectivity index (χ4n) is 2.04. The van der Waals surface area contributed by atoms with Crippen LogP contribution in [0, 0.1) is 0 Å². The SMILES string of the molecule is CCCCC(NC(=O)CNS(=O)(=O)c1ccc(OC)cc1)C(=O)OC. The summed E-state index contributed by atoms with van der Waals surface area (Å²) in [4.78, 5) is 23.6. The fourth-order valence-corrected chi connectivity index (χ4v) is 3.03. The topological polar surface area (TPSA) is 111 Å². The molecule has 1 unspecified atom stereocenters. The minimum atomic E-state index is -3.84. The van der Waals surface area contributed by atoms with Crippen molar-refractivity contribution in [1.82, 2.24) is 10.0 Å². The Morgan fingerprint density at radius 3 is 2.32 bits per heavy atom. The van der Waals surface area contributed by atoms with E-state index in [0.717, 1.165) is 12.8 Å². The number of sulfonamides is 1. The molecule has 140 valence electrons. The van der Waals surface area contributed by atoms with Crippen molar-refractivity contribution in [3.05, 3.63) is 24.3 Å². The number of methoxy groups -OCH3 is 2. The number of amides is 1. The molecule has 0 spiro atoms. The van der Waals surface area contributed by atoms with Crippen molar-refractivity contribution in [2.75, 3.05) is 20.8 Å². The Bertz CT molecular complexity index is 672. The van der Waals surface area contributed by atoms with Gasteiger partial charge in [0.05, 0.1) is 25.7 Å². The monoisotopic (exact) mass is 372 g/mol. The maximum Gasteiger partial charge on any atom is 0.328 e. The highest BCUT2D eigenvalue weighted by atomic mass is 32.2. The van der Waals surface area contributed by atoms with Gasteiger partial charge in [-0.3, -0.25) is 4.79 Å². The third kappa shape index (κ3) is 6.71. The highest BCUT2D eigenvalue weighted by Gasteiger charge is 2.22. The second-order valence-corrected chi connectivity index (χ2v) is 7.05. The van der Waals surface area contributed by atoms with E-state index in [1.807, 2.05) is 6.92 Å². The van der Waals surface area contributed by atoms with Gasteiger partial charge in [-0.2, -0.15) is 0 Å². The van der Waals surface area contributed by atoms with Crippen LogP contribution in [0.4, 0.5) is 0 Å². The van der Waals surface area contributed by atoms with E-state index in [0.29, 0.717) is 12.2 Å². The van der Waals surface area contributed by atoms with Gasteiger partial charge in [0.15, 0.2) is 0 Å². The van der Waals surface area contributed by atoms with Gasteiger partial charge in [-0.25, -0.2) is 17.9 Å². The molecule has 25 heavy (non-hydrogen) atoms. The Morgan fingerprint density at radius 2 is 1.80 bits per heavy atom. The molecule has 1 amide bonds. The average molecular weight is 372 g/mol. The number of unbranched alkanes of at least 4 members (excludes halogenated alkanes) is 1. The number of benzene rings is 1. The van der Waals surface area contributed by atoms with Crippen molar-refractivity contribution < 1.29 is 27.5 Å². The zero-order valence-electron chi connectivity index (χ0n) is 14.6. The Kier molecular flexibility index (Phi) is 8.36. The Hall–Kier alpha value is -2.13. The average Bonchev–Trinajstić information content (AvgIpc) is 2.62. The highest BCUT2D eigenvalue weighted by Crippen LogP contribution is 2.15. The Balaban J connectivity index is 2.64. The van der Waals surface area contributed by atoms with E-state index in [9.17, 15) is 18.0 Å². The van der Waals surface area contributed by atoms with Crippen LogP contribution in [0.3, 0.4) is 0 Å². The van der Waals surface area contributed by atoms with Crippen LogP contribution in [-0.2, 0) is 24.3 Å². The summed E-state index contributed by atoms with van der Waals surface area (Å²) in [6.45, 7) is 1.48. The Labute approximate surface area is 147 Å². The van der Waals surface area contributed by atoms with Crippen molar-refractivity contribution in [3.8, 4) is 5.75 Å². The number of hydrogen-bond donors (Lipinski definition) is 2. The molecule has 1 aromatic carbocycles. The highest BCUT2D eigenvalue weighted by molar-refractivity contribution is 7.89. The van der Waals surface area contributed by atoms with Crippen LogP contribution in [0.15, 0.2) is 29.2 Å². The van der Waals surface area contributed by atoms with E-state index in [2.05, 4.69) is 14.8 Å². The molecule has 1 aromatic rings. The summed E-state index contributed by atoms with van der Waals surface area (Å²) in [5.41, 5.74) is 0. The number of ether oxygens (including phenoxy) is 2. The molecule has 0 aliphatic heterocycles. The van der Waals surface area contributed by atoms with E-state index in [1.165, 1.54) is 38.5 Å². The van der Waals surface area contributed by atoms with E-state index >= 15 is 0 Å². The van der Waals surface area contributed by atoms with E-state index in [1.54, 1.807) is 0 Å². The molecule has 0 aliphatic carbocycles. The molecule has 2 N–H and O–H groups in total. The summed E-state index contributed by atoms with van der Waals surface area (Å²) < 4.78 is 36.1. The largest absolute Gasteiger partial charge is 0.497 e. The second kappa shape index (κ2) is 10.00. The van der Waals surface area contributed by atoms with Crippen molar-refractivity contribution in [1.29, 1.82) is 0 Å². The third-order valence-corrected chi connectivity index (χ3v) is 4.88. The predicted molar refractivity (Wildman–Crippen MR) is 91.7 cm³/mol. The van der Waals surface area contributed by atoms with Gasteiger partial charge in [0.1, 0.15) is 11.8 Å². The number of nitrogens with one attached hydrogen (secondary N) is 2. The van der Waals surface area contributed by atoms with Gasteiger partial charge in [-0.1, -0.05) is 19.8 Å². The first-order valence-electron chi connectivity index (χ1n) is 7.85. The molecule has 1 rings (SSSR count). The maximum absolute atomic E-state index is 12.2. The molecule has 9 heteroatoms. The maximum atomic E-state index is 12.2. The van der Waals surface area contributed by atoms with Crippen molar-refractivity contribution in [2.24, 2.45) is 0 Å². The lowest BCUT2D eigenvalue weighted by molar-refractivity contribution is -0.145. The van der Waals surface area contributed by atoms with Crippen molar-refractivity contribution >= 4 is 21.9 Å². The molecular formula is C16H24N2O6S. The van der Waals surface area contributed by atoms with Crippen LogP contribution >= 0.6 is 0 Å². The smallest absolute Gasteiger partial charge is 0.328 e. The van der Waals surface area contributed by atoms with E-state index < -0.39 is 34.5 Å². The summed E-state index contributed by atoms with van der Waals surface area (Å²) in [7, 11) is -1.13. The van der Waals surface area contributed by atoms with Crippen LogP contribution in [0.1, 0.15) is 26.2 Å². The minimum absolute atomic E-state index is 0.0107. The van der Waals surface area contributed by atoms with Gasteiger partial charge >= 0.3 is 5.97 Å². The molecule has 0 radical (unpaired) electrons. The molecule has 0 saturated heterocycles. The predicted octanol–water partition coefficient (Wildman–Crippen LogP) is 0.821. The summed E-state index contributed by atoms with van der Waals surface area (Å²) in [5, 5.41) is 2.48. The molecular weight excluding hydrogens is 348 g/mol. The first-order chi connectivity index (χ1) is 11.8. The van der Waals surface area contributed by atoms with E-state index in [4.69, 9.17) is 4.74 Å². The first-order valence-corrected chi connectivity index (χ1v) is 9.33. The number of carbonyl (C=O) groups excluding carboxylic acids is 2. The van der Waals surface area contributed by atoms with Crippen molar-refractivity contribution in [2.45, 2.75) is 37.1 Å². The minimum Gasteiger partial charge on any atom is -0.497 e. The lowest BCUT2D eigenvalue weighted by Gasteiger charge is -2.16. The number of hydrogen-bond acceptors (Lipinski definition) is 6. The summed E-state index contributed by atoms with van der Waals surface area (Å²) in [6, 6.07) is 4.97. The fraction of sp³-hybridized carbons (Fsp3) is 0.500. The normalized spacial score (nSPS) is 12.3. The molecule has 0 bridgehead atoms. The van der Waals surface area contributed by atoms with Gasteiger partial charge in [0.2, 0.25) is 15.9 Å². The first kappa shape index (κ1) is 20.9. The van der Waals surface area contributed by atoms with Crippen LogP contribution in [0.5, 0.6) is 5.75 Å². The van der Waals surface area contributed by atoms with Gasteiger partial charge in [-0.05, 0) is 30.7 Å². The number of rotatable bonds is 10. The van der Waals surface area contributed by atoms with Gasteiger partial charge in [0.25, 0.3) is 0 Å². The van der Waals surface area contributed by atoms with E-state index in [-0.39, 0.29) is 4.90 Å². The second-order valence-electron chi connectivity index (χ2n) is 5.29. The molecule has 0 saturated carbocycles. The van der Waals surface area contributed by atoms with Crippen LogP contribution in [0.25, 0.3) is 0 Å². The molecule has 0 aliphatic rings. The molecule has 0 fully saturated rings. The molecule has 8 nitrogen and oxygen atoms in total. The number of esters is 1. The van der Waals surface area contributed by atoms with Crippen LogP contribution in [0.2, 0.25) is 0 Å². The van der Waals surface area contributed by atoms with Gasteiger partial charge in [0, 0.05) is 0 Å². The quantitative estimate of drug-likeness (QED) is 0.588. The van der Waals surface area contributed by atoms with Crippen molar-refractivity contribution in [3.63, 3.8) is 0 Å². The van der Waals surface area contributed by atoms with Crippen LogP contribution in [-0.4, -0.2) is 47.1 Å². The number of carbonyl (C=O) groups is 2. The zero-order valence-corrected chi connectivity index (χ0v) is 15.4. The lowest BCUT2D eigenvalue weighted by Crippen LogP contribution is -2.45. The molecule has 1 atom stereocenters. The zero-order chi connectivity index (χ0) is 18.9. The summed E-state index contributed by atoms with van der Waals surface area (Å²) in [5.74, 6) is -0.642. The van der Waals surface area contributed by atoms with Gasteiger partial charge in [-0.15, -0.1) is 0 Å². The summed E-state index contributed by atoms with van der Waals surface area (Å²) >= 11 is 0. The van der Waals surface area contributed by atoms with Crippen LogP contribution < -0.4 is 14.8 Å². The standard InChI is InChI=1S/C16H24N2O6S/c1-4-5-6-14(16(20)24-3)18-15(19)11-17-25(21,22)13-9-7-12(23-2)8-10-13/h7-10,14,17H,4-6,11H2,1-3H3,(H,18,19). The lowest BCUT2D eigenvalue weighted by atomic mass is 10.1.